The number of hydrogen-bond donors (Lipinski definition) is 2. The van der Waals surface area contributed by atoms with Gasteiger partial charge in [-0.3, -0.25) is 14.4 Å². The van der Waals surface area contributed by atoms with Crippen molar-refractivity contribution >= 4 is 29.6 Å². The first-order valence-electron chi connectivity index (χ1n) is 13.5. The average molecular weight is 529 g/mol. The lowest BCUT2D eigenvalue weighted by Gasteiger charge is -2.40. The molecule has 0 bridgehead atoms. The van der Waals surface area contributed by atoms with Gasteiger partial charge in [0.15, 0.2) is 0 Å². The van der Waals surface area contributed by atoms with Crippen LogP contribution in [0.1, 0.15) is 68.8 Å². The molecule has 1 atom stereocenters. The van der Waals surface area contributed by atoms with Crippen LogP contribution in [0.5, 0.6) is 0 Å². The Hall–Kier alpha value is -3.30. The van der Waals surface area contributed by atoms with Crippen molar-refractivity contribution in [3.8, 4) is 0 Å². The van der Waals surface area contributed by atoms with Gasteiger partial charge >= 0.3 is 12.1 Å². The molecule has 1 aromatic rings. The van der Waals surface area contributed by atoms with E-state index in [-0.39, 0.29) is 24.3 Å². The molecule has 0 spiro atoms. The summed E-state index contributed by atoms with van der Waals surface area (Å²) >= 11 is 0. The fourth-order valence-electron chi connectivity index (χ4n) is 5.80. The molecule has 0 saturated carbocycles. The molecule has 38 heavy (non-hydrogen) atoms. The number of fused-ring (bicyclic) bond motifs is 1. The molecule has 2 N–H and O–H groups in total. The number of likely N-dealkylation sites (N-methyl/N-ethyl adjacent to an activating group) is 1. The van der Waals surface area contributed by atoms with Gasteiger partial charge in [0.1, 0.15) is 11.6 Å². The van der Waals surface area contributed by atoms with Crippen LogP contribution < -0.4 is 5.32 Å². The van der Waals surface area contributed by atoms with Gasteiger partial charge in [-0.25, -0.2) is 4.79 Å². The van der Waals surface area contributed by atoms with Crippen LogP contribution in [0.4, 0.5) is 10.5 Å². The maximum atomic E-state index is 13.3. The molecule has 3 amide bonds. The highest BCUT2D eigenvalue weighted by molar-refractivity contribution is 5.96. The lowest BCUT2D eigenvalue weighted by molar-refractivity contribution is -0.141. The molecule has 0 radical (unpaired) electrons. The third kappa shape index (κ3) is 6.57. The van der Waals surface area contributed by atoms with E-state index in [1.165, 1.54) is 4.90 Å². The number of hydrogen-bond acceptors (Lipinski definition) is 6. The summed E-state index contributed by atoms with van der Waals surface area (Å²) in [4.78, 5) is 54.7. The molecule has 10 nitrogen and oxygen atoms in total. The quantitative estimate of drug-likeness (QED) is 0.615. The second-order valence-electron chi connectivity index (χ2n) is 11.8. The van der Waals surface area contributed by atoms with E-state index in [4.69, 9.17) is 9.84 Å². The molecule has 208 valence electrons. The highest BCUT2D eigenvalue weighted by Gasteiger charge is 2.34. The first-order chi connectivity index (χ1) is 17.9. The summed E-state index contributed by atoms with van der Waals surface area (Å²) in [5.41, 5.74) is 1.57. The van der Waals surface area contributed by atoms with Crippen molar-refractivity contribution in [3.05, 3.63) is 29.3 Å². The van der Waals surface area contributed by atoms with E-state index in [1.54, 1.807) is 19.2 Å². The summed E-state index contributed by atoms with van der Waals surface area (Å²) in [7, 11) is 1.64. The maximum absolute atomic E-state index is 13.3. The van der Waals surface area contributed by atoms with Gasteiger partial charge in [0.05, 0.1) is 6.42 Å². The van der Waals surface area contributed by atoms with Gasteiger partial charge in [0, 0.05) is 51.0 Å². The Labute approximate surface area is 224 Å². The summed E-state index contributed by atoms with van der Waals surface area (Å²) in [6, 6.07) is 4.50. The average Bonchev–Trinajstić information content (AvgIpc) is 2.98. The monoisotopic (exact) mass is 528 g/mol. The molecule has 10 heteroatoms. The lowest BCUT2D eigenvalue weighted by Crippen LogP contribution is -2.45. The normalized spacial score (nSPS) is 21.4. The first kappa shape index (κ1) is 27.7. The molecular formula is C28H40N4O6. The molecule has 3 heterocycles. The smallest absolute Gasteiger partial charge is 0.410 e. The molecule has 0 unspecified atom stereocenters. The minimum Gasteiger partial charge on any atom is -0.481 e. The van der Waals surface area contributed by atoms with Gasteiger partial charge in [-0.05, 0) is 82.1 Å². The summed E-state index contributed by atoms with van der Waals surface area (Å²) in [5, 5.41) is 12.2. The van der Waals surface area contributed by atoms with Crippen LogP contribution in [-0.2, 0) is 20.9 Å². The zero-order valence-electron chi connectivity index (χ0n) is 22.9. The number of anilines is 1. The van der Waals surface area contributed by atoms with Gasteiger partial charge < -0.3 is 29.9 Å². The zero-order valence-corrected chi connectivity index (χ0v) is 22.9. The number of nitrogens with one attached hydrogen (secondary N) is 1. The summed E-state index contributed by atoms with van der Waals surface area (Å²) in [5.74, 6) is -0.253. The van der Waals surface area contributed by atoms with Crippen molar-refractivity contribution in [2.24, 2.45) is 11.8 Å². The molecule has 1 aromatic carbocycles. The summed E-state index contributed by atoms with van der Waals surface area (Å²) in [6.45, 7) is 8.78. The van der Waals surface area contributed by atoms with E-state index < -0.39 is 17.6 Å². The van der Waals surface area contributed by atoms with Gasteiger partial charge in [-0.1, -0.05) is 0 Å². The minimum absolute atomic E-state index is 0.0219. The van der Waals surface area contributed by atoms with Gasteiger partial charge in [0.2, 0.25) is 5.91 Å². The van der Waals surface area contributed by atoms with Gasteiger partial charge in [0.25, 0.3) is 5.91 Å². The lowest BCUT2D eigenvalue weighted by atomic mass is 9.79. The Balaban J connectivity index is 1.31. The second-order valence-corrected chi connectivity index (χ2v) is 11.8. The van der Waals surface area contributed by atoms with E-state index in [2.05, 4.69) is 5.32 Å². The summed E-state index contributed by atoms with van der Waals surface area (Å²) < 4.78 is 5.51. The topological polar surface area (TPSA) is 119 Å². The molecule has 0 aromatic heterocycles. The largest absolute Gasteiger partial charge is 0.481 e. The van der Waals surface area contributed by atoms with Crippen molar-refractivity contribution in [1.29, 1.82) is 0 Å². The number of amides is 3. The Morgan fingerprint density at radius 1 is 1.00 bits per heavy atom. The van der Waals surface area contributed by atoms with Gasteiger partial charge in [-0.15, -0.1) is 0 Å². The maximum Gasteiger partial charge on any atom is 0.410 e. The van der Waals surface area contributed by atoms with Gasteiger partial charge in [-0.2, -0.15) is 0 Å². The van der Waals surface area contributed by atoms with Crippen LogP contribution in [0, 0.1) is 11.8 Å². The number of rotatable bonds is 4. The zero-order chi connectivity index (χ0) is 27.6. The van der Waals surface area contributed by atoms with Crippen LogP contribution >= 0.6 is 0 Å². The number of carbonyl (C=O) groups is 4. The number of ether oxygens (including phenoxy) is 1. The fourth-order valence-corrected chi connectivity index (χ4v) is 5.80. The molecule has 0 aliphatic carbocycles. The Bertz CT molecular complexity index is 1070. The first-order valence-corrected chi connectivity index (χ1v) is 13.5. The van der Waals surface area contributed by atoms with Crippen LogP contribution in [0.15, 0.2) is 18.2 Å². The fraction of sp³-hybridized carbons (Fsp3) is 0.643. The Kier molecular flexibility index (Phi) is 8.18. The number of likely N-dealkylation sites (tertiary alicyclic amines) is 2. The minimum atomic E-state index is -1.04. The second kappa shape index (κ2) is 11.2. The van der Waals surface area contributed by atoms with Crippen LogP contribution in [-0.4, -0.2) is 88.6 Å². The van der Waals surface area contributed by atoms with E-state index in [0.29, 0.717) is 55.8 Å². The van der Waals surface area contributed by atoms with E-state index >= 15 is 0 Å². The number of benzene rings is 1. The van der Waals surface area contributed by atoms with Crippen molar-refractivity contribution < 1.29 is 29.0 Å². The van der Waals surface area contributed by atoms with Crippen molar-refractivity contribution in [2.45, 2.75) is 71.1 Å². The predicted molar refractivity (Wildman–Crippen MR) is 142 cm³/mol. The standard InChI is InChI=1S/C28H40N4O6/c1-28(2,3)38-27(37)32-13-9-19(10-14-32)18-7-11-31(12-8-18)25(35)20-5-6-22-21(15-20)17-30(4)26(36)23(29-22)16-24(33)34/h5-6,15,18-19,23,29H,7-14,16-17H2,1-4H3,(H,33,34)/t23-/m0/s1. The number of carbonyl (C=O) groups excluding carboxylic acids is 3. The van der Waals surface area contributed by atoms with Crippen LogP contribution in [0.2, 0.25) is 0 Å². The van der Waals surface area contributed by atoms with Crippen LogP contribution in [0.3, 0.4) is 0 Å². The third-order valence-corrected chi connectivity index (χ3v) is 7.83. The molecule has 2 saturated heterocycles. The number of piperidine rings is 2. The van der Waals surface area contributed by atoms with E-state index in [1.807, 2.05) is 36.6 Å². The van der Waals surface area contributed by atoms with E-state index in [9.17, 15) is 19.2 Å². The number of carboxylic acid groups (broad SMARTS) is 1. The molecule has 3 aliphatic rings. The SMILES string of the molecule is CN1Cc2cc(C(=O)N3CCC(C4CCN(C(=O)OC(C)(C)C)CC4)CC3)ccc2N[C@@H](CC(=O)O)C1=O. The highest BCUT2D eigenvalue weighted by atomic mass is 16.6. The Morgan fingerprint density at radius 2 is 1.58 bits per heavy atom. The third-order valence-electron chi connectivity index (χ3n) is 7.83. The molecule has 4 rings (SSSR count). The van der Waals surface area contributed by atoms with Crippen molar-refractivity contribution in [2.75, 3.05) is 38.5 Å². The van der Waals surface area contributed by atoms with Crippen molar-refractivity contribution in [3.63, 3.8) is 0 Å². The Morgan fingerprint density at radius 3 is 2.13 bits per heavy atom. The van der Waals surface area contributed by atoms with Crippen LogP contribution in [0.25, 0.3) is 0 Å². The number of aliphatic carboxylic acids is 1. The van der Waals surface area contributed by atoms with Crippen molar-refractivity contribution in [1.82, 2.24) is 14.7 Å². The number of carboxylic acids is 1. The number of nitrogens with zero attached hydrogens (tertiary/aromatic N) is 3. The summed E-state index contributed by atoms with van der Waals surface area (Å²) in [6.07, 6.45) is 3.28. The van der Waals surface area contributed by atoms with E-state index in [0.717, 1.165) is 31.2 Å². The molecule has 3 aliphatic heterocycles. The predicted octanol–water partition coefficient (Wildman–Crippen LogP) is 3.41. The highest BCUT2D eigenvalue weighted by Crippen LogP contribution is 2.34. The molecular weight excluding hydrogens is 488 g/mol. The molecule has 2 fully saturated rings.